The van der Waals surface area contributed by atoms with Crippen LogP contribution in [0.2, 0.25) is 0 Å². The van der Waals surface area contributed by atoms with E-state index < -0.39 is 0 Å². The first-order valence-electron chi connectivity index (χ1n) is 14.4. The van der Waals surface area contributed by atoms with Gasteiger partial charge in [0.25, 0.3) is 0 Å². The van der Waals surface area contributed by atoms with E-state index in [4.69, 9.17) is 11.5 Å². The van der Waals surface area contributed by atoms with Crippen molar-refractivity contribution in [3.63, 3.8) is 0 Å². The number of rotatable bonds is 21. The van der Waals surface area contributed by atoms with Crippen molar-refractivity contribution in [3.05, 3.63) is 22.3 Å². The molecule has 196 valence electrons. The Labute approximate surface area is 208 Å². The van der Waals surface area contributed by atoms with E-state index in [1.165, 1.54) is 86.5 Å². The average Bonchev–Trinajstić information content (AvgIpc) is 2.84. The van der Waals surface area contributed by atoms with E-state index in [9.17, 15) is 0 Å². The standard InChI is InChI=1S/C30H61N3/c1-8-12-13-14-15-16-17-18-19-20-21-33-23-29(30(7,11-4)24-32)26(6)27(10-3)28(22-31)25(5)9-2/h27,33H,8-24,31-32H2,1-7H3/b28-25-,29-26+. The summed E-state index contributed by atoms with van der Waals surface area (Å²) < 4.78 is 0. The van der Waals surface area contributed by atoms with Gasteiger partial charge in [0, 0.05) is 31.0 Å². The minimum atomic E-state index is 0.0438. The lowest BCUT2D eigenvalue weighted by Crippen LogP contribution is -2.36. The molecule has 0 aliphatic heterocycles. The van der Waals surface area contributed by atoms with Gasteiger partial charge in [0.15, 0.2) is 0 Å². The van der Waals surface area contributed by atoms with Gasteiger partial charge in [-0.3, -0.25) is 0 Å². The molecular formula is C30H61N3. The Bertz CT molecular complexity index is 543. The second-order valence-electron chi connectivity index (χ2n) is 10.5. The number of unbranched alkanes of at least 4 members (excludes halogenated alkanes) is 9. The van der Waals surface area contributed by atoms with Crippen LogP contribution in [0.25, 0.3) is 0 Å². The lowest BCUT2D eigenvalue weighted by atomic mass is 9.73. The van der Waals surface area contributed by atoms with Crippen molar-refractivity contribution in [3.8, 4) is 0 Å². The average molecular weight is 464 g/mol. The summed E-state index contributed by atoms with van der Waals surface area (Å²) in [4.78, 5) is 0. The minimum absolute atomic E-state index is 0.0438. The molecule has 33 heavy (non-hydrogen) atoms. The summed E-state index contributed by atoms with van der Waals surface area (Å²) in [6.45, 7) is 19.4. The summed E-state index contributed by atoms with van der Waals surface area (Å²) in [5.41, 5.74) is 18.5. The zero-order chi connectivity index (χ0) is 25.1. The van der Waals surface area contributed by atoms with E-state index in [0.29, 0.717) is 19.0 Å². The molecule has 2 atom stereocenters. The molecular weight excluding hydrogens is 402 g/mol. The highest BCUT2D eigenvalue weighted by atomic mass is 14.9. The fourth-order valence-corrected chi connectivity index (χ4v) is 5.13. The molecule has 0 spiro atoms. The first-order chi connectivity index (χ1) is 15.9. The quantitative estimate of drug-likeness (QED) is 0.120. The Morgan fingerprint density at radius 1 is 0.818 bits per heavy atom. The molecule has 3 nitrogen and oxygen atoms in total. The Morgan fingerprint density at radius 3 is 1.79 bits per heavy atom. The molecule has 0 heterocycles. The second-order valence-corrected chi connectivity index (χ2v) is 10.5. The predicted octanol–water partition coefficient (Wildman–Crippen LogP) is 7.90. The van der Waals surface area contributed by atoms with Crippen LogP contribution < -0.4 is 16.8 Å². The highest BCUT2D eigenvalue weighted by molar-refractivity contribution is 5.32. The SMILES string of the molecule is CCCCCCCCCCCCNC/C(=C(/C)C(CC)/C(CN)=C(/C)CC)C(C)(CC)CN. The van der Waals surface area contributed by atoms with Gasteiger partial charge in [-0.15, -0.1) is 0 Å². The van der Waals surface area contributed by atoms with E-state index in [2.05, 4.69) is 53.8 Å². The van der Waals surface area contributed by atoms with Gasteiger partial charge in [-0.25, -0.2) is 0 Å². The Hall–Kier alpha value is -0.640. The van der Waals surface area contributed by atoms with Gasteiger partial charge in [0.2, 0.25) is 0 Å². The monoisotopic (exact) mass is 463 g/mol. The van der Waals surface area contributed by atoms with Crippen molar-refractivity contribution in [1.29, 1.82) is 0 Å². The van der Waals surface area contributed by atoms with Crippen LogP contribution in [0.4, 0.5) is 0 Å². The van der Waals surface area contributed by atoms with Crippen LogP contribution in [0.15, 0.2) is 22.3 Å². The topological polar surface area (TPSA) is 64.1 Å². The normalized spacial score (nSPS) is 16.3. The predicted molar refractivity (Wildman–Crippen MR) is 151 cm³/mol. The zero-order valence-corrected chi connectivity index (χ0v) is 23.8. The molecule has 0 radical (unpaired) electrons. The van der Waals surface area contributed by atoms with Crippen molar-refractivity contribution < 1.29 is 0 Å². The van der Waals surface area contributed by atoms with Gasteiger partial charge in [0.1, 0.15) is 0 Å². The maximum atomic E-state index is 6.33. The third-order valence-corrected chi connectivity index (χ3v) is 8.09. The third kappa shape index (κ3) is 12.1. The van der Waals surface area contributed by atoms with Crippen molar-refractivity contribution in [2.24, 2.45) is 22.8 Å². The van der Waals surface area contributed by atoms with Gasteiger partial charge in [-0.2, -0.15) is 0 Å². The van der Waals surface area contributed by atoms with Crippen LogP contribution in [-0.4, -0.2) is 26.2 Å². The maximum Gasteiger partial charge on any atom is 0.0173 e. The van der Waals surface area contributed by atoms with Crippen LogP contribution in [0.1, 0.15) is 132 Å². The Kier molecular flexibility index (Phi) is 19.3. The second kappa shape index (κ2) is 19.6. The number of nitrogens with two attached hydrogens (primary N) is 2. The first-order valence-corrected chi connectivity index (χ1v) is 14.4. The van der Waals surface area contributed by atoms with Crippen LogP contribution in [0, 0.1) is 11.3 Å². The number of nitrogens with one attached hydrogen (secondary N) is 1. The van der Waals surface area contributed by atoms with Crippen LogP contribution in [-0.2, 0) is 0 Å². The summed E-state index contributed by atoms with van der Waals surface area (Å²) in [5, 5.41) is 3.78. The third-order valence-electron chi connectivity index (χ3n) is 8.09. The summed E-state index contributed by atoms with van der Waals surface area (Å²) in [7, 11) is 0. The van der Waals surface area contributed by atoms with Crippen LogP contribution >= 0.6 is 0 Å². The summed E-state index contributed by atoms with van der Waals surface area (Å²) >= 11 is 0. The highest BCUT2D eigenvalue weighted by Gasteiger charge is 2.29. The van der Waals surface area contributed by atoms with Crippen molar-refractivity contribution in [1.82, 2.24) is 5.32 Å². The molecule has 0 aromatic carbocycles. The lowest BCUT2D eigenvalue weighted by molar-refractivity contribution is 0.372. The molecule has 0 saturated heterocycles. The van der Waals surface area contributed by atoms with Crippen molar-refractivity contribution >= 4 is 0 Å². The molecule has 0 saturated carbocycles. The largest absolute Gasteiger partial charge is 0.330 e. The molecule has 0 rings (SSSR count). The van der Waals surface area contributed by atoms with Gasteiger partial charge in [-0.1, -0.05) is 109 Å². The van der Waals surface area contributed by atoms with E-state index in [1.807, 2.05) is 0 Å². The molecule has 0 aromatic heterocycles. The molecule has 3 heteroatoms. The molecule has 0 aromatic rings. The summed E-state index contributed by atoms with van der Waals surface area (Å²) in [5.74, 6) is 0.432. The molecule has 0 aliphatic rings. The lowest BCUT2D eigenvalue weighted by Gasteiger charge is -2.35. The van der Waals surface area contributed by atoms with E-state index in [1.54, 1.807) is 0 Å². The molecule has 2 unspecified atom stereocenters. The van der Waals surface area contributed by atoms with Crippen molar-refractivity contribution in [2.45, 2.75) is 132 Å². The molecule has 0 fully saturated rings. The number of hydrogen-bond acceptors (Lipinski definition) is 3. The van der Waals surface area contributed by atoms with E-state index in [-0.39, 0.29) is 5.41 Å². The van der Waals surface area contributed by atoms with Crippen molar-refractivity contribution in [2.75, 3.05) is 26.2 Å². The number of hydrogen-bond donors (Lipinski definition) is 3. The minimum Gasteiger partial charge on any atom is -0.330 e. The molecule has 0 bridgehead atoms. The van der Waals surface area contributed by atoms with E-state index in [0.717, 1.165) is 32.4 Å². The fourth-order valence-electron chi connectivity index (χ4n) is 5.13. The highest BCUT2D eigenvalue weighted by Crippen LogP contribution is 2.37. The summed E-state index contributed by atoms with van der Waals surface area (Å²) in [6.07, 6.45) is 17.1. The first kappa shape index (κ1) is 32.4. The summed E-state index contributed by atoms with van der Waals surface area (Å²) in [6, 6.07) is 0. The van der Waals surface area contributed by atoms with Crippen LogP contribution in [0.3, 0.4) is 0 Å². The fraction of sp³-hybridized carbons (Fsp3) is 0.867. The molecule has 0 aliphatic carbocycles. The number of allylic oxidation sites excluding steroid dienone is 2. The van der Waals surface area contributed by atoms with E-state index >= 15 is 0 Å². The Balaban J connectivity index is 4.93. The van der Waals surface area contributed by atoms with Gasteiger partial charge in [0.05, 0.1) is 0 Å². The van der Waals surface area contributed by atoms with Gasteiger partial charge in [-0.05, 0) is 51.6 Å². The maximum absolute atomic E-state index is 6.33. The molecule has 0 amide bonds. The smallest absolute Gasteiger partial charge is 0.0173 e. The molecule has 5 N–H and O–H groups in total. The van der Waals surface area contributed by atoms with Crippen LogP contribution in [0.5, 0.6) is 0 Å². The van der Waals surface area contributed by atoms with Gasteiger partial charge < -0.3 is 16.8 Å². The van der Waals surface area contributed by atoms with Gasteiger partial charge >= 0.3 is 0 Å². The Morgan fingerprint density at radius 2 is 1.36 bits per heavy atom. The zero-order valence-electron chi connectivity index (χ0n) is 23.8.